The molecule has 0 aliphatic carbocycles. The molecule has 0 N–H and O–H groups in total. The molecule has 0 bridgehead atoms. The fourth-order valence-corrected chi connectivity index (χ4v) is 1.86. The number of ether oxygens (including phenoxy) is 1. The molecule has 0 aliphatic rings. The topological polar surface area (TPSA) is 12.5 Å². The lowest BCUT2D eigenvalue weighted by Gasteiger charge is -2.17. The monoisotopic (exact) mass is 235 g/mol. The van der Waals surface area contributed by atoms with Gasteiger partial charge in [0, 0.05) is 0 Å². The standard InChI is InChI=1S/C15H25NO/c1-3-16(4-2)13-9-6-10-14-17-15-11-7-5-8-12-15/h5,7-8,11-12H,3-4,6,9-10,13-14H2,1-2H3. The van der Waals surface area contributed by atoms with Crippen LogP contribution in [0.3, 0.4) is 0 Å². The number of hydrogen-bond acceptors (Lipinski definition) is 2. The predicted octanol–water partition coefficient (Wildman–Crippen LogP) is 3.58. The molecule has 96 valence electrons. The first kappa shape index (κ1) is 14.0. The third-order valence-corrected chi connectivity index (χ3v) is 3.03. The predicted molar refractivity (Wildman–Crippen MR) is 73.6 cm³/mol. The van der Waals surface area contributed by atoms with E-state index in [2.05, 4.69) is 18.7 Å². The first-order valence-corrected chi connectivity index (χ1v) is 6.77. The van der Waals surface area contributed by atoms with Gasteiger partial charge in [0.05, 0.1) is 6.61 Å². The lowest BCUT2D eigenvalue weighted by Crippen LogP contribution is -2.23. The Labute approximate surface area is 106 Å². The van der Waals surface area contributed by atoms with Gasteiger partial charge >= 0.3 is 0 Å². The number of unbranched alkanes of at least 4 members (excludes halogenated alkanes) is 2. The summed E-state index contributed by atoms with van der Waals surface area (Å²) in [5.74, 6) is 0.983. The summed E-state index contributed by atoms with van der Waals surface area (Å²) in [5, 5.41) is 0. The van der Waals surface area contributed by atoms with Crippen molar-refractivity contribution >= 4 is 0 Å². The Morgan fingerprint density at radius 2 is 1.65 bits per heavy atom. The first-order valence-electron chi connectivity index (χ1n) is 6.77. The van der Waals surface area contributed by atoms with Gasteiger partial charge in [-0.3, -0.25) is 0 Å². The van der Waals surface area contributed by atoms with E-state index in [1.807, 2.05) is 30.3 Å². The molecule has 0 aliphatic heterocycles. The van der Waals surface area contributed by atoms with Crippen molar-refractivity contribution in [2.24, 2.45) is 0 Å². The van der Waals surface area contributed by atoms with Crippen LogP contribution in [0.2, 0.25) is 0 Å². The summed E-state index contributed by atoms with van der Waals surface area (Å²) in [6.07, 6.45) is 3.68. The van der Waals surface area contributed by atoms with Gasteiger partial charge in [-0.25, -0.2) is 0 Å². The highest BCUT2D eigenvalue weighted by atomic mass is 16.5. The second kappa shape index (κ2) is 9.06. The molecule has 1 aromatic rings. The molecule has 1 rings (SSSR count). The summed E-state index contributed by atoms with van der Waals surface area (Å²) >= 11 is 0. The minimum atomic E-state index is 0.836. The Kier molecular flexibility index (Phi) is 7.48. The molecule has 0 amide bonds. The molecule has 0 atom stereocenters. The lowest BCUT2D eigenvalue weighted by molar-refractivity contribution is 0.277. The lowest BCUT2D eigenvalue weighted by atomic mass is 10.2. The summed E-state index contributed by atoms with van der Waals surface area (Å²) < 4.78 is 5.65. The zero-order valence-electron chi connectivity index (χ0n) is 11.2. The van der Waals surface area contributed by atoms with E-state index in [1.54, 1.807) is 0 Å². The molecule has 0 unspecified atom stereocenters. The van der Waals surface area contributed by atoms with Crippen LogP contribution in [0.1, 0.15) is 33.1 Å². The molecule has 0 radical (unpaired) electrons. The molecule has 0 aromatic heterocycles. The highest BCUT2D eigenvalue weighted by Gasteiger charge is 1.98. The molecular weight excluding hydrogens is 210 g/mol. The Bertz CT molecular complexity index is 270. The van der Waals surface area contributed by atoms with Gasteiger partial charge in [-0.05, 0) is 51.0 Å². The molecule has 0 heterocycles. The Morgan fingerprint density at radius 1 is 0.941 bits per heavy atom. The number of para-hydroxylation sites is 1. The third kappa shape index (κ3) is 6.32. The van der Waals surface area contributed by atoms with E-state index in [0.717, 1.165) is 31.9 Å². The quantitative estimate of drug-likeness (QED) is 0.607. The smallest absolute Gasteiger partial charge is 0.119 e. The maximum atomic E-state index is 5.65. The Balaban J connectivity index is 1.98. The molecule has 0 saturated carbocycles. The summed E-state index contributed by atoms with van der Waals surface area (Å²) in [7, 11) is 0. The highest BCUT2D eigenvalue weighted by Crippen LogP contribution is 2.09. The van der Waals surface area contributed by atoms with Crippen molar-refractivity contribution in [1.29, 1.82) is 0 Å². The average Bonchev–Trinajstić information content (AvgIpc) is 2.39. The maximum Gasteiger partial charge on any atom is 0.119 e. The highest BCUT2D eigenvalue weighted by molar-refractivity contribution is 5.20. The van der Waals surface area contributed by atoms with Crippen LogP contribution in [0.15, 0.2) is 30.3 Å². The van der Waals surface area contributed by atoms with Crippen LogP contribution >= 0.6 is 0 Å². The van der Waals surface area contributed by atoms with E-state index >= 15 is 0 Å². The van der Waals surface area contributed by atoms with Gasteiger partial charge in [-0.15, -0.1) is 0 Å². The van der Waals surface area contributed by atoms with E-state index < -0.39 is 0 Å². The minimum Gasteiger partial charge on any atom is -0.494 e. The van der Waals surface area contributed by atoms with Crippen LogP contribution in [0, 0.1) is 0 Å². The van der Waals surface area contributed by atoms with Gasteiger partial charge < -0.3 is 9.64 Å². The SMILES string of the molecule is CCN(CC)CCCCCOc1ccccc1. The van der Waals surface area contributed by atoms with Crippen molar-refractivity contribution in [1.82, 2.24) is 4.90 Å². The van der Waals surface area contributed by atoms with Crippen LogP contribution < -0.4 is 4.74 Å². The second-order valence-corrected chi connectivity index (χ2v) is 4.25. The molecule has 2 heteroatoms. The first-order chi connectivity index (χ1) is 8.36. The van der Waals surface area contributed by atoms with Crippen molar-refractivity contribution in [3.63, 3.8) is 0 Å². The van der Waals surface area contributed by atoms with Gasteiger partial charge in [0.25, 0.3) is 0 Å². The average molecular weight is 235 g/mol. The van der Waals surface area contributed by atoms with Crippen molar-refractivity contribution < 1.29 is 4.74 Å². The molecule has 2 nitrogen and oxygen atoms in total. The number of hydrogen-bond donors (Lipinski definition) is 0. The summed E-state index contributed by atoms with van der Waals surface area (Å²) in [6.45, 7) is 8.83. The normalized spacial score (nSPS) is 10.8. The van der Waals surface area contributed by atoms with Crippen LogP contribution in [0.25, 0.3) is 0 Å². The van der Waals surface area contributed by atoms with Crippen LogP contribution in [-0.4, -0.2) is 31.1 Å². The van der Waals surface area contributed by atoms with Crippen LogP contribution in [0.5, 0.6) is 5.75 Å². The molecule has 0 fully saturated rings. The summed E-state index contributed by atoms with van der Waals surface area (Å²) in [4.78, 5) is 2.47. The van der Waals surface area contributed by atoms with Crippen molar-refractivity contribution in [3.8, 4) is 5.75 Å². The van der Waals surface area contributed by atoms with E-state index in [9.17, 15) is 0 Å². The third-order valence-electron chi connectivity index (χ3n) is 3.03. The second-order valence-electron chi connectivity index (χ2n) is 4.25. The fourth-order valence-electron chi connectivity index (χ4n) is 1.86. The van der Waals surface area contributed by atoms with Gasteiger partial charge in [-0.1, -0.05) is 32.0 Å². The molecule has 0 spiro atoms. The molecule has 17 heavy (non-hydrogen) atoms. The molecule has 1 aromatic carbocycles. The molecule has 0 saturated heterocycles. The zero-order valence-corrected chi connectivity index (χ0v) is 11.2. The van der Waals surface area contributed by atoms with E-state index in [0.29, 0.717) is 0 Å². The Hall–Kier alpha value is -1.02. The fraction of sp³-hybridized carbons (Fsp3) is 0.600. The van der Waals surface area contributed by atoms with Crippen molar-refractivity contribution in [2.75, 3.05) is 26.2 Å². The Morgan fingerprint density at radius 3 is 2.29 bits per heavy atom. The zero-order chi connectivity index (χ0) is 12.3. The van der Waals surface area contributed by atoms with Gasteiger partial charge in [0.2, 0.25) is 0 Å². The van der Waals surface area contributed by atoms with Gasteiger partial charge in [0.1, 0.15) is 5.75 Å². The van der Waals surface area contributed by atoms with Crippen LogP contribution in [-0.2, 0) is 0 Å². The number of rotatable bonds is 9. The van der Waals surface area contributed by atoms with E-state index in [1.165, 1.54) is 19.4 Å². The maximum absolute atomic E-state index is 5.65. The minimum absolute atomic E-state index is 0.836. The van der Waals surface area contributed by atoms with Crippen molar-refractivity contribution in [2.45, 2.75) is 33.1 Å². The summed E-state index contributed by atoms with van der Waals surface area (Å²) in [6, 6.07) is 10.0. The van der Waals surface area contributed by atoms with E-state index in [4.69, 9.17) is 4.74 Å². The van der Waals surface area contributed by atoms with Gasteiger partial charge in [-0.2, -0.15) is 0 Å². The summed E-state index contributed by atoms with van der Waals surface area (Å²) in [5.41, 5.74) is 0. The van der Waals surface area contributed by atoms with E-state index in [-0.39, 0.29) is 0 Å². The largest absolute Gasteiger partial charge is 0.494 e. The van der Waals surface area contributed by atoms with Gasteiger partial charge in [0.15, 0.2) is 0 Å². The van der Waals surface area contributed by atoms with Crippen molar-refractivity contribution in [3.05, 3.63) is 30.3 Å². The number of benzene rings is 1. The number of nitrogens with zero attached hydrogens (tertiary/aromatic N) is 1. The van der Waals surface area contributed by atoms with Crippen LogP contribution in [0.4, 0.5) is 0 Å². The molecular formula is C15H25NO.